The summed E-state index contributed by atoms with van der Waals surface area (Å²) in [5, 5.41) is 20.8. The molecule has 1 heterocycles. The average molecular weight is 308 g/mol. The smallest absolute Gasteiger partial charge is 0.172 e. The standard InChI is InChI=1S/C16H20O6/c1-16(21-3)6-10-11(7-22-16)15(19)13-9(14(10)18)4-8(20-2)5-12(13)17/h4-5,10-11,14,17-18H,6-7H2,1-3H3/t10-,11-,14-,16+/m1/s1. The van der Waals surface area contributed by atoms with Gasteiger partial charge in [-0.15, -0.1) is 0 Å². The van der Waals surface area contributed by atoms with Crippen molar-refractivity contribution >= 4 is 5.78 Å². The Morgan fingerprint density at radius 3 is 2.73 bits per heavy atom. The molecule has 1 aliphatic heterocycles. The summed E-state index contributed by atoms with van der Waals surface area (Å²) in [6.07, 6.45) is -0.476. The van der Waals surface area contributed by atoms with Crippen molar-refractivity contribution in [1.82, 2.24) is 0 Å². The number of hydrogen-bond acceptors (Lipinski definition) is 6. The molecule has 2 N–H and O–H groups in total. The van der Waals surface area contributed by atoms with E-state index >= 15 is 0 Å². The maximum absolute atomic E-state index is 12.7. The lowest BCUT2D eigenvalue weighted by Gasteiger charge is -2.45. The van der Waals surface area contributed by atoms with E-state index in [1.165, 1.54) is 13.2 Å². The van der Waals surface area contributed by atoms with Gasteiger partial charge in [-0.25, -0.2) is 0 Å². The summed E-state index contributed by atoms with van der Waals surface area (Å²) in [5.74, 6) is -1.58. The van der Waals surface area contributed by atoms with Crippen LogP contribution in [0.4, 0.5) is 0 Å². The number of methoxy groups -OCH3 is 2. The van der Waals surface area contributed by atoms with Crippen LogP contribution < -0.4 is 4.74 Å². The monoisotopic (exact) mass is 308 g/mol. The van der Waals surface area contributed by atoms with E-state index < -0.39 is 17.8 Å². The van der Waals surface area contributed by atoms with Crippen molar-refractivity contribution in [3.8, 4) is 11.5 Å². The molecule has 4 atom stereocenters. The van der Waals surface area contributed by atoms with E-state index in [9.17, 15) is 15.0 Å². The molecule has 6 nitrogen and oxygen atoms in total. The molecule has 1 aromatic rings. The molecule has 0 amide bonds. The molecule has 0 spiro atoms. The Balaban J connectivity index is 2.06. The van der Waals surface area contributed by atoms with Gasteiger partial charge >= 0.3 is 0 Å². The Morgan fingerprint density at radius 1 is 1.36 bits per heavy atom. The van der Waals surface area contributed by atoms with Gasteiger partial charge in [0.1, 0.15) is 11.5 Å². The Hall–Kier alpha value is -1.63. The van der Waals surface area contributed by atoms with E-state index in [0.29, 0.717) is 17.7 Å². The number of carbonyl (C=O) groups excluding carboxylic acids is 1. The number of carbonyl (C=O) groups is 1. The minimum Gasteiger partial charge on any atom is -0.507 e. The van der Waals surface area contributed by atoms with E-state index in [2.05, 4.69) is 0 Å². The van der Waals surface area contributed by atoms with Crippen LogP contribution in [-0.2, 0) is 9.47 Å². The van der Waals surface area contributed by atoms with Crippen molar-refractivity contribution in [3.05, 3.63) is 23.3 Å². The summed E-state index contributed by atoms with van der Waals surface area (Å²) >= 11 is 0. The summed E-state index contributed by atoms with van der Waals surface area (Å²) in [6.45, 7) is 1.95. The number of phenols is 1. The first-order valence-corrected chi connectivity index (χ1v) is 7.22. The fraction of sp³-hybridized carbons (Fsp3) is 0.562. The fourth-order valence-electron chi connectivity index (χ4n) is 3.42. The lowest BCUT2D eigenvalue weighted by Crippen LogP contribution is -2.49. The number of Topliss-reactive ketones (excluding diaryl/α,β-unsaturated/α-hetero) is 1. The highest BCUT2D eigenvalue weighted by molar-refractivity contribution is 6.03. The Labute approximate surface area is 128 Å². The number of aliphatic hydroxyl groups excluding tert-OH is 1. The molecule has 120 valence electrons. The van der Waals surface area contributed by atoms with Crippen LogP contribution in [0, 0.1) is 11.8 Å². The van der Waals surface area contributed by atoms with Gasteiger partial charge in [0.05, 0.1) is 31.3 Å². The highest BCUT2D eigenvalue weighted by Crippen LogP contribution is 2.48. The summed E-state index contributed by atoms with van der Waals surface area (Å²) < 4.78 is 16.1. The first-order valence-electron chi connectivity index (χ1n) is 7.22. The molecule has 0 saturated carbocycles. The van der Waals surface area contributed by atoms with Gasteiger partial charge in [-0.3, -0.25) is 4.79 Å². The van der Waals surface area contributed by atoms with Crippen LogP contribution in [0.1, 0.15) is 35.4 Å². The van der Waals surface area contributed by atoms with E-state index in [4.69, 9.17) is 14.2 Å². The number of aromatic hydroxyl groups is 1. The first-order chi connectivity index (χ1) is 10.4. The van der Waals surface area contributed by atoms with Crippen molar-refractivity contribution < 1.29 is 29.2 Å². The minimum absolute atomic E-state index is 0.163. The molecule has 0 radical (unpaired) electrons. The molecule has 0 bridgehead atoms. The maximum atomic E-state index is 12.7. The van der Waals surface area contributed by atoms with Gasteiger partial charge in [0, 0.05) is 25.5 Å². The summed E-state index contributed by atoms with van der Waals surface area (Å²) in [4.78, 5) is 12.7. The van der Waals surface area contributed by atoms with Gasteiger partial charge in [-0.1, -0.05) is 0 Å². The summed E-state index contributed by atoms with van der Waals surface area (Å²) in [6, 6.07) is 2.99. The van der Waals surface area contributed by atoms with Crippen molar-refractivity contribution in [2.45, 2.75) is 25.2 Å². The zero-order valence-electron chi connectivity index (χ0n) is 12.8. The molecular formula is C16H20O6. The van der Waals surface area contributed by atoms with Crippen molar-refractivity contribution in [1.29, 1.82) is 0 Å². The molecule has 0 aromatic heterocycles. The normalized spacial score (nSPS) is 34.0. The highest BCUT2D eigenvalue weighted by atomic mass is 16.7. The summed E-state index contributed by atoms with van der Waals surface area (Å²) in [5.41, 5.74) is 0.572. The van der Waals surface area contributed by atoms with E-state index in [1.54, 1.807) is 20.1 Å². The third kappa shape index (κ3) is 2.18. The van der Waals surface area contributed by atoms with Gasteiger partial charge in [0.15, 0.2) is 11.6 Å². The SMILES string of the molecule is COc1cc(O)c2c(c1)[C@@H](O)[C@@H]1C[C@@](C)(OC)OC[C@H]1C2=O. The predicted octanol–water partition coefficient (Wildman–Crippen LogP) is 1.65. The van der Waals surface area contributed by atoms with Crippen molar-refractivity contribution in [3.63, 3.8) is 0 Å². The molecule has 6 heteroatoms. The van der Waals surface area contributed by atoms with Crippen LogP contribution in [0.15, 0.2) is 12.1 Å². The second kappa shape index (κ2) is 5.22. The third-order valence-electron chi connectivity index (χ3n) is 4.79. The Morgan fingerprint density at radius 2 is 2.09 bits per heavy atom. The zero-order valence-corrected chi connectivity index (χ0v) is 12.8. The Kier molecular flexibility index (Phi) is 3.63. The average Bonchev–Trinajstić information content (AvgIpc) is 2.51. The number of rotatable bonds is 2. The third-order valence-corrected chi connectivity index (χ3v) is 4.79. The summed E-state index contributed by atoms with van der Waals surface area (Å²) in [7, 11) is 3.01. The van der Waals surface area contributed by atoms with E-state index in [-0.39, 0.29) is 29.6 Å². The van der Waals surface area contributed by atoms with Gasteiger partial charge in [-0.05, 0) is 18.6 Å². The molecule has 1 saturated heterocycles. The van der Waals surface area contributed by atoms with Gasteiger partial charge < -0.3 is 24.4 Å². The molecule has 1 aromatic carbocycles. The number of hydrogen-bond donors (Lipinski definition) is 2. The predicted molar refractivity (Wildman–Crippen MR) is 76.9 cm³/mol. The largest absolute Gasteiger partial charge is 0.507 e. The second-order valence-corrected chi connectivity index (χ2v) is 6.04. The van der Waals surface area contributed by atoms with Crippen molar-refractivity contribution in [2.24, 2.45) is 11.8 Å². The molecular weight excluding hydrogens is 288 g/mol. The fourth-order valence-corrected chi connectivity index (χ4v) is 3.42. The quantitative estimate of drug-likeness (QED) is 0.864. The first kappa shape index (κ1) is 15.3. The number of benzene rings is 1. The number of ether oxygens (including phenoxy) is 3. The topological polar surface area (TPSA) is 85.2 Å². The molecule has 2 aliphatic rings. The van der Waals surface area contributed by atoms with Gasteiger partial charge in [0.2, 0.25) is 0 Å². The van der Waals surface area contributed by atoms with Crippen molar-refractivity contribution in [2.75, 3.05) is 20.8 Å². The molecule has 1 aliphatic carbocycles. The van der Waals surface area contributed by atoms with Gasteiger partial charge in [-0.2, -0.15) is 0 Å². The number of aliphatic hydroxyl groups is 1. The van der Waals surface area contributed by atoms with Gasteiger partial charge in [0.25, 0.3) is 0 Å². The number of fused-ring (bicyclic) bond motifs is 2. The highest BCUT2D eigenvalue weighted by Gasteiger charge is 2.50. The van der Waals surface area contributed by atoms with E-state index in [0.717, 1.165) is 0 Å². The number of phenolic OH excluding ortho intramolecular Hbond substituents is 1. The Bertz CT molecular complexity index is 613. The lowest BCUT2D eigenvalue weighted by atomic mass is 9.69. The van der Waals surface area contributed by atoms with Crippen LogP contribution in [0.3, 0.4) is 0 Å². The van der Waals surface area contributed by atoms with E-state index in [1.807, 2.05) is 0 Å². The zero-order chi connectivity index (χ0) is 16.1. The van der Waals surface area contributed by atoms with Crippen LogP contribution in [-0.4, -0.2) is 42.6 Å². The number of ketones is 1. The van der Waals surface area contributed by atoms with Crippen LogP contribution in [0.2, 0.25) is 0 Å². The van der Waals surface area contributed by atoms with Crippen LogP contribution in [0.25, 0.3) is 0 Å². The minimum atomic E-state index is -0.878. The lowest BCUT2D eigenvalue weighted by molar-refractivity contribution is -0.257. The second-order valence-electron chi connectivity index (χ2n) is 6.04. The molecule has 22 heavy (non-hydrogen) atoms. The molecule has 1 fully saturated rings. The maximum Gasteiger partial charge on any atom is 0.172 e. The molecule has 0 unspecified atom stereocenters. The van der Waals surface area contributed by atoms with Crippen LogP contribution in [0.5, 0.6) is 11.5 Å². The molecule has 3 rings (SSSR count). The van der Waals surface area contributed by atoms with Crippen LogP contribution >= 0.6 is 0 Å².